The molecule has 0 unspecified atom stereocenters. The van der Waals surface area contributed by atoms with Gasteiger partial charge in [-0.3, -0.25) is 19.7 Å². The van der Waals surface area contributed by atoms with Crippen molar-refractivity contribution in [2.75, 3.05) is 5.32 Å². The number of carbonyl (C=O) groups is 2. The molecule has 10 heteroatoms. The molecule has 2 aromatic carbocycles. The van der Waals surface area contributed by atoms with Gasteiger partial charge in [0.25, 0.3) is 5.69 Å². The summed E-state index contributed by atoms with van der Waals surface area (Å²) in [5.74, 6) is -1.99. The molecule has 0 spiro atoms. The Balaban J connectivity index is 1.92. The van der Waals surface area contributed by atoms with E-state index in [9.17, 15) is 19.7 Å². The highest BCUT2D eigenvalue weighted by atomic mass is 35.5. The predicted molar refractivity (Wildman–Crippen MR) is 93.9 cm³/mol. The van der Waals surface area contributed by atoms with Gasteiger partial charge in [0.2, 0.25) is 0 Å². The van der Waals surface area contributed by atoms with E-state index >= 15 is 0 Å². The van der Waals surface area contributed by atoms with E-state index in [0.717, 1.165) is 0 Å². The Morgan fingerprint density at radius 2 is 1.76 bits per heavy atom. The highest BCUT2D eigenvalue weighted by Crippen LogP contribution is 2.19. The zero-order valence-electron chi connectivity index (χ0n) is 12.4. The first kappa shape index (κ1) is 18.4. The number of hydrogen-bond donors (Lipinski definition) is 2. The number of rotatable bonds is 4. The van der Waals surface area contributed by atoms with E-state index in [0.29, 0.717) is 15.6 Å². The molecule has 2 N–H and O–H groups in total. The molecule has 8 nitrogen and oxygen atoms in total. The van der Waals surface area contributed by atoms with Gasteiger partial charge >= 0.3 is 11.8 Å². The summed E-state index contributed by atoms with van der Waals surface area (Å²) < 4.78 is 0. The maximum Gasteiger partial charge on any atom is 0.329 e. The topological polar surface area (TPSA) is 114 Å². The van der Waals surface area contributed by atoms with E-state index in [1.165, 1.54) is 36.5 Å². The molecule has 0 aliphatic heterocycles. The molecule has 0 radical (unpaired) electrons. The first-order valence-electron chi connectivity index (χ1n) is 6.70. The fourth-order valence-corrected chi connectivity index (χ4v) is 2.13. The zero-order chi connectivity index (χ0) is 18.4. The van der Waals surface area contributed by atoms with Crippen LogP contribution in [0.2, 0.25) is 10.0 Å². The molecule has 0 heterocycles. The third kappa shape index (κ3) is 5.27. The Morgan fingerprint density at radius 1 is 1.08 bits per heavy atom. The van der Waals surface area contributed by atoms with Crippen molar-refractivity contribution >= 4 is 52.6 Å². The highest BCUT2D eigenvalue weighted by molar-refractivity contribution is 6.39. The molecule has 2 aromatic rings. The van der Waals surface area contributed by atoms with Crippen LogP contribution in [0.3, 0.4) is 0 Å². The van der Waals surface area contributed by atoms with Crippen LogP contribution in [-0.4, -0.2) is 23.0 Å². The van der Waals surface area contributed by atoms with Gasteiger partial charge in [0, 0.05) is 28.4 Å². The van der Waals surface area contributed by atoms with Crippen LogP contribution in [0.15, 0.2) is 47.6 Å². The highest BCUT2D eigenvalue weighted by Gasteiger charge is 2.13. The summed E-state index contributed by atoms with van der Waals surface area (Å²) in [4.78, 5) is 33.3. The van der Waals surface area contributed by atoms with Gasteiger partial charge < -0.3 is 5.32 Å². The Hall–Kier alpha value is -2.97. The molecule has 2 rings (SSSR count). The van der Waals surface area contributed by atoms with Crippen LogP contribution >= 0.6 is 23.2 Å². The molecule has 0 saturated heterocycles. The lowest BCUT2D eigenvalue weighted by atomic mass is 10.2. The van der Waals surface area contributed by atoms with Gasteiger partial charge in [-0.2, -0.15) is 5.10 Å². The van der Waals surface area contributed by atoms with E-state index in [1.54, 1.807) is 12.1 Å². The normalized spacial score (nSPS) is 10.5. The number of benzene rings is 2. The van der Waals surface area contributed by atoms with E-state index in [2.05, 4.69) is 10.4 Å². The number of hydrazone groups is 1. The summed E-state index contributed by atoms with van der Waals surface area (Å²) in [7, 11) is 0. The summed E-state index contributed by atoms with van der Waals surface area (Å²) in [5, 5.41) is 17.2. The summed E-state index contributed by atoms with van der Waals surface area (Å²) in [6, 6.07) is 9.71. The quantitative estimate of drug-likeness (QED) is 0.367. The fourth-order valence-electron chi connectivity index (χ4n) is 1.67. The predicted octanol–water partition coefficient (Wildman–Crippen LogP) is 2.99. The molecular formula is C15H10Cl2N4O4. The number of non-ortho nitro benzene ring substituents is 1. The van der Waals surface area contributed by atoms with E-state index in [4.69, 9.17) is 23.2 Å². The van der Waals surface area contributed by atoms with Gasteiger partial charge in [-0.1, -0.05) is 29.3 Å². The maximum absolute atomic E-state index is 11.7. The van der Waals surface area contributed by atoms with Crippen molar-refractivity contribution in [2.24, 2.45) is 5.10 Å². The number of hydrogen-bond acceptors (Lipinski definition) is 5. The molecule has 2 amide bonds. The lowest BCUT2D eigenvalue weighted by molar-refractivity contribution is -0.384. The van der Waals surface area contributed by atoms with Crippen LogP contribution in [0.4, 0.5) is 11.4 Å². The average Bonchev–Trinajstić information content (AvgIpc) is 2.57. The first-order chi connectivity index (χ1) is 11.9. The van der Waals surface area contributed by atoms with Gasteiger partial charge in [0.05, 0.1) is 16.2 Å². The van der Waals surface area contributed by atoms with Crippen molar-refractivity contribution < 1.29 is 14.5 Å². The minimum Gasteiger partial charge on any atom is -0.318 e. The number of anilines is 1. The van der Waals surface area contributed by atoms with Crippen molar-refractivity contribution in [3.05, 3.63) is 68.2 Å². The van der Waals surface area contributed by atoms with Crippen LogP contribution in [0.1, 0.15) is 5.56 Å². The van der Waals surface area contributed by atoms with Crippen molar-refractivity contribution in [2.45, 2.75) is 0 Å². The standard InChI is InChI=1S/C15H10Cl2N4O4/c16-10-2-1-9(13(17)7-10)8-18-20-15(23)14(22)19-11-3-5-12(6-4-11)21(24)25/h1-8H,(H,19,22)(H,20,23)/b18-8-. The number of nitro benzene ring substituents is 1. The largest absolute Gasteiger partial charge is 0.329 e. The number of nitro groups is 1. The lowest BCUT2D eigenvalue weighted by Crippen LogP contribution is -2.32. The average molecular weight is 381 g/mol. The van der Waals surface area contributed by atoms with Crippen molar-refractivity contribution in [1.29, 1.82) is 0 Å². The second-order valence-electron chi connectivity index (χ2n) is 4.62. The Kier molecular flexibility index (Phi) is 6.04. The Labute approximate surface area is 151 Å². The molecule has 25 heavy (non-hydrogen) atoms. The molecule has 0 fully saturated rings. The molecule has 0 aliphatic carbocycles. The molecule has 128 valence electrons. The maximum atomic E-state index is 11.7. The van der Waals surface area contributed by atoms with Crippen LogP contribution in [-0.2, 0) is 9.59 Å². The van der Waals surface area contributed by atoms with Crippen molar-refractivity contribution in [1.82, 2.24) is 5.43 Å². The number of amides is 2. The second kappa shape index (κ2) is 8.22. The van der Waals surface area contributed by atoms with Gasteiger partial charge in [-0.15, -0.1) is 0 Å². The van der Waals surface area contributed by atoms with E-state index in [-0.39, 0.29) is 11.4 Å². The molecule has 0 saturated carbocycles. The summed E-state index contributed by atoms with van der Waals surface area (Å²) >= 11 is 11.7. The smallest absolute Gasteiger partial charge is 0.318 e. The van der Waals surface area contributed by atoms with Crippen LogP contribution in [0.25, 0.3) is 0 Å². The minimum atomic E-state index is -1.01. The lowest BCUT2D eigenvalue weighted by Gasteiger charge is -2.03. The second-order valence-corrected chi connectivity index (χ2v) is 5.47. The summed E-state index contributed by atoms with van der Waals surface area (Å²) in [6.07, 6.45) is 1.26. The van der Waals surface area contributed by atoms with Gasteiger partial charge in [-0.25, -0.2) is 5.43 Å². The molecule has 0 aromatic heterocycles. The monoisotopic (exact) mass is 380 g/mol. The zero-order valence-corrected chi connectivity index (χ0v) is 13.9. The first-order valence-corrected chi connectivity index (χ1v) is 7.46. The molecule has 0 aliphatic rings. The molecule has 0 atom stereocenters. The number of nitrogens with one attached hydrogen (secondary N) is 2. The van der Waals surface area contributed by atoms with Crippen molar-refractivity contribution in [3.8, 4) is 0 Å². The van der Waals surface area contributed by atoms with Crippen molar-refractivity contribution in [3.63, 3.8) is 0 Å². The van der Waals surface area contributed by atoms with E-state index in [1.807, 2.05) is 5.43 Å². The minimum absolute atomic E-state index is 0.133. The van der Waals surface area contributed by atoms with E-state index < -0.39 is 16.7 Å². The number of nitrogens with zero attached hydrogens (tertiary/aromatic N) is 2. The van der Waals surface area contributed by atoms with Crippen LogP contribution < -0.4 is 10.7 Å². The summed E-state index contributed by atoms with van der Waals surface area (Å²) in [6.45, 7) is 0. The third-order valence-electron chi connectivity index (χ3n) is 2.87. The van der Waals surface area contributed by atoms with Gasteiger partial charge in [-0.05, 0) is 24.3 Å². The van der Waals surface area contributed by atoms with Crippen LogP contribution in [0, 0.1) is 10.1 Å². The Bertz CT molecular complexity index is 853. The number of halogens is 2. The fraction of sp³-hybridized carbons (Fsp3) is 0. The molecule has 0 bridgehead atoms. The summed E-state index contributed by atoms with van der Waals surface area (Å²) in [5.41, 5.74) is 2.64. The SMILES string of the molecule is O=C(N/N=C\c1ccc(Cl)cc1Cl)C(=O)Nc1ccc([N+](=O)[O-])cc1. The van der Waals surface area contributed by atoms with Crippen LogP contribution in [0.5, 0.6) is 0 Å². The van der Waals surface area contributed by atoms with Gasteiger partial charge in [0.1, 0.15) is 0 Å². The Morgan fingerprint density at radius 3 is 2.36 bits per heavy atom. The third-order valence-corrected chi connectivity index (χ3v) is 3.44. The molecular weight excluding hydrogens is 371 g/mol. The van der Waals surface area contributed by atoms with Gasteiger partial charge in [0.15, 0.2) is 0 Å². The number of carbonyl (C=O) groups excluding carboxylic acids is 2.